The fourth-order valence-corrected chi connectivity index (χ4v) is 5.35. The topological polar surface area (TPSA) is 113 Å². The van der Waals surface area contributed by atoms with E-state index in [1.807, 2.05) is 35.2 Å². The van der Waals surface area contributed by atoms with E-state index in [0.717, 1.165) is 10.8 Å². The number of fused-ring (bicyclic) bond motifs is 1. The highest BCUT2D eigenvalue weighted by molar-refractivity contribution is 7.89. The van der Waals surface area contributed by atoms with Crippen molar-refractivity contribution in [1.82, 2.24) is 9.21 Å². The van der Waals surface area contributed by atoms with E-state index in [2.05, 4.69) is 5.32 Å². The van der Waals surface area contributed by atoms with Gasteiger partial charge in [-0.1, -0.05) is 30.3 Å². The van der Waals surface area contributed by atoms with Gasteiger partial charge in [0.05, 0.1) is 15.9 Å². The minimum absolute atomic E-state index is 0.0511. The maximum absolute atomic E-state index is 13.1. The first-order valence-corrected chi connectivity index (χ1v) is 12.0. The number of anilines is 1. The van der Waals surface area contributed by atoms with E-state index < -0.39 is 21.0 Å². The van der Waals surface area contributed by atoms with Crippen LogP contribution in [0.3, 0.4) is 0 Å². The van der Waals surface area contributed by atoms with E-state index in [9.17, 15) is 23.3 Å². The van der Waals surface area contributed by atoms with Crippen molar-refractivity contribution in [2.45, 2.75) is 17.9 Å². The number of hydrogen-bond donors (Lipinski definition) is 1. The Morgan fingerprint density at radius 3 is 2.24 bits per heavy atom. The molecule has 0 spiro atoms. The molecule has 10 heteroatoms. The summed E-state index contributed by atoms with van der Waals surface area (Å²) in [5.74, 6) is -0.255. The molecule has 1 heterocycles. The minimum Gasteiger partial charge on any atom is -0.325 e. The molecule has 33 heavy (non-hydrogen) atoms. The summed E-state index contributed by atoms with van der Waals surface area (Å²) in [6.07, 6.45) is 0. The van der Waals surface area contributed by atoms with Gasteiger partial charge < -0.3 is 5.32 Å². The molecular weight excluding hydrogens is 444 g/mol. The molecule has 1 atom stereocenters. The standard InChI is InChI=1S/C23H24N4O5S/c1-17(23(28)24-20-7-9-21(10-8-20)27(29)30)25-12-14-26(15-13-25)33(31,32)22-11-6-18-4-2-3-5-19(18)16-22/h2-11,16-17H,12-15H2,1H3,(H,24,28). The number of piperazine rings is 1. The molecule has 0 saturated carbocycles. The van der Waals surface area contributed by atoms with Crippen LogP contribution >= 0.6 is 0 Å². The monoisotopic (exact) mass is 468 g/mol. The molecule has 1 unspecified atom stereocenters. The molecule has 1 N–H and O–H groups in total. The lowest BCUT2D eigenvalue weighted by Crippen LogP contribution is -2.53. The first kappa shape index (κ1) is 22.8. The van der Waals surface area contributed by atoms with Crippen LogP contribution in [0.5, 0.6) is 0 Å². The predicted octanol–water partition coefficient (Wildman–Crippen LogP) is 3.08. The average molecular weight is 469 g/mol. The second kappa shape index (κ2) is 9.26. The van der Waals surface area contributed by atoms with Gasteiger partial charge in [-0.15, -0.1) is 0 Å². The molecule has 4 rings (SSSR count). The van der Waals surface area contributed by atoms with Gasteiger partial charge in [0.1, 0.15) is 0 Å². The zero-order valence-corrected chi connectivity index (χ0v) is 18.9. The van der Waals surface area contributed by atoms with E-state index in [4.69, 9.17) is 0 Å². The normalized spacial score (nSPS) is 16.4. The Hall–Kier alpha value is -3.34. The van der Waals surface area contributed by atoms with Gasteiger partial charge in [-0.05, 0) is 42.0 Å². The highest BCUT2D eigenvalue weighted by Gasteiger charge is 2.32. The lowest BCUT2D eigenvalue weighted by atomic mass is 10.1. The molecular formula is C23H24N4O5S. The summed E-state index contributed by atoms with van der Waals surface area (Å²) in [5, 5.41) is 15.4. The molecule has 172 valence electrons. The number of non-ortho nitro benzene ring substituents is 1. The average Bonchev–Trinajstić information content (AvgIpc) is 2.83. The molecule has 1 aliphatic rings. The molecule has 0 bridgehead atoms. The molecule has 1 amide bonds. The van der Waals surface area contributed by atoms with Crippen LogP contribution in [0.2, 0.25) is 0 Å². The maximum Gasteiger partial charge on any atom is 0.269 e. The van der Waals surface area contributed by atoms with Crippen LogP contribution in [-0.4, -0.2) is 60.7 Å². The molecule has 9 nitrogen and oxygen atoms in total. The molecule has 1 fully saturated rings. The fraction of sp³-hybridized carbons (Fsp3) is 0.261. The number of sulfonamides is 1. The van der Waals surface area contributed by atoms with Crippen LogP contribution < -0.4 is 5.32 Å². The third-order valence-corrected chi connectivity index (χ3v) is 7.80. The van der Waals surface area contributed by atoms with Gasteiger partial charge in [0.2, 0.25) is 15.9 Å². The van der Waals surface area contributed by atoms with Crippen LogP contribution in [0.1, 0.15) is 6.92 Å². The number of nitrogens with zero attached hydrogens (tertiary/aromatic N) is 3. The Bertz CT molecular complexity index is 1290. The number of nitro groups is 1. The smallest absolute Gasteiger partial charge is 0.269 e. The van der Waals surface area contributed by atoms with Crippen molar-refractivity contribution in [3.05, 3.63) is 76.8 Å². The minimum atomic E-state index is -3.63. The van der Waals surface area contributed by atoms with Crippen LogP contribution in [-0.2, 0) is 14.8 Å². The van der Waals surface area contributed by atoms with Gasteiger partial charge in [-0.2, -0.15) is 4.31 Å². The van der Waals surface area contributed by atoms with E-state index in [-0.39, 0.29) is 29.6 Å². The van der Waals surface area contributed by atoms with Crippen molar-refractivity contribution < 1.29 is 18.1 Å². The number of carbonyl (C=O) groups is 1. The van der Waals surface area contributed by atoms with Crippen molar-refractivity contribution in [3.63, 3.8) is 0 Å². The molecule has 1 aliphatic heterocycles. The third-order valence-electron chi connectivity index (χ3n) is 5.90. The lowest BCUT2D eigenvalue weighted by Gasteiger charge is -2.36. The number of amides is 1. The van der Waals surface area contributed by atoms with Crippen LogP contribution in [0.25, 0.3) is 10.8 Å². The van der Waals surface area contributed by atoms with E-state index in [1.54, 1.807) is 19.1 Å². The SMILES string of the molecule is CC(C(=O)Nc1ccc([N+](=O)[O-])cc1)N1CCN(S(=O)(=O)c2ccc3ccccc3c2)CC1. The van der Waals surface area contributed by atoms with Crippen molar-refractivity contribution in [2.75, 3.05) is 31.5 Å². The van der Waals surface area contributed by atoms with Crippen molar-refractivity contribution in [1.29, 1.82) is 0 Å². The first-order valence-electron chi connectivity index (χ1n) is 10.5. The van der Waals surface area contributed by atoms with E-state index >= 15 is 0 Å². The predicted molar refractivity (Wildman–Crippen MR) is 125 cm³/mol. The fourth-order valence-electron chi connectivity index (χ4n) is 3.89. The Morgan fingerprint density at radius 2 is 1.61 bits per heavy atom. The summed E-state index contributed by atoms with van der Waals surface area (Å²) >= 11 is 0. The highest BCUT2D eigenvalue weighted by atomic mass is 32.2. The second-order valence-electron chi connectivity index (χ2n) is 7.92. The van der Waals surface area contributed by atoms with Crippen LogP contribution in [0.4, 0.5) is 11.4 Å². The molecule has 3 aromatic carbocycles. The molecule has 0 aliphatic carbocycles. The summed E-state index contributed by atoms with van der Waals surface area (Å²) < 4.78 is 27.7. The van der Waals surface area contributed by atoms with Gasteiger partial charge in [-0.25, -0.2) is 8.42 Å². The third kappa shape index (κ3) is 4.87. The van der Waals surface area contributed by atoms with Gasteiger partial charge in [-0.3, -0.25) is 19.8 Å². The second-order valence-corrected chi connectivity index (χ2v) is 9.86. The number of nitrogens with one attached hydrogen (secondary N) is 1. The van der Waals surface area contributed by atoms with Gasteiger partial charge in [0.15, 0.2) is 0 Å². The Balaban J connectivity index is 1.37. The van der Waals surface area contributed by atoms with Crippen molar-refractivity contribution >= 4 is 38.1 Å². The van der Waals surface area contributed by atoms with E-state index in [1.165, 1.54) is 28.6 Å². The Labute approximate surface area is 191 Å². The molecule has 3 aromatic rings. The summed E-state index contributed by atoms with van der Waals surface area (Å²) in [7, 11) is -3.63. The summed E-state index contributed by atoms with van der Waals surface area (Å²) in [6, 6.07) is 17.9. The van der Waals surface area contributed by atoms with E-state index in [0.29, 0.717) is 18.8 Å². The Kier molecular flexibility index (Phi) is 6.41. The summed E-state index contributed by atoms with van der Waals surface area (Å²) in [5.41, 5.74) is 0.416. The largest absolute Gasteiger partial charge is 0.325 e. The lowest BCUT2D eigenvalue weighted by molar-refractivity contribution is -0.384. The maximum atomic E-state index is 13.1. The number of nitro benzene ring substituents is 1. The van der Waals surface area contributed by atoms with Crippen molar-refractivity contribution in [2.24, 2.45) is 0 Å². The number of rotatable bonds is 6. The molecule has 0 aromatic heterocycles. The zero-order valence-electron chi connectivity index (χ0n) is 18.0. The summed E-state index contributed by atoms with van der Waals surface area (Å²) in [4.78, 5) is 25.1. The number of benzene rings is 3. The zero-order chi connectivity index (χ0) is 23.6. The van der Waals surface area contributed by atoms with Crippen LogP contribution in [0.15, 0.2) is 71.6 Å². The quantitative estimate of drug-likeness (QED) is 0.439. The van der Waals surface area contributed by atoms with Crippen molar-refractivity contribution in [3.8, 4) is 0 Å². The first-order chi connectivity index (χ1) is 15.8. The number of hydrogen-bond acceptors (Lipinski definition) is 6. The number of carbonyl (C=O) groups excluding carboxylic acids is 1. The van der Waals surface area contributed by atoms with Gasteiger partial charge in [0, 0.05) is 44.0 Å². The van der Waals surface area contributed by atoms with Gasteiger partial charge in [0.25, 0.3) is 5.69 Å². The molecule has 0 radical (unpaired) electrons. The molecule has 1 saturated heterocycles. The highest BCUT2D eigenvalue weighted by Crippen LogP contribution is 2.23. The Morgan fingerprint density at radius 1 is 0.970 bits per heavy atom. The van der Waals surface area contributed by atoms with Crippen LogP contribution in [0, 0.1) is 10.1 Å². The van der Waals surface area contributed by atoms with Gasteiger partial charge >= 0.3 is 0 Å². The summed E-state index contributed by atoms with van der Waals surface area (Å²) in [6.45, 7) is 3.16.